The summed E-state index contributed by atoms with van der Waals surface area (Å²) in [6.07, 6.45) is 0. The van der Waals surface area contributed by atoms with E-state index in [0.717, 1.165) is 0 Å². The zero-order valence-corrected chi connectivity index (χ0v) is 44.3. The lowest BCUT2D eigenvalue weighted by molar-refractivity contribution is -0.384. The van der Waals surface area contributed by atoms with E-state index in [-0.39, 0.29) is 33.6 Å². The average molecular weight is 1140 g/mol. The molecule has 0 atom stereocenters. The number of nitrogens with two attached hydrogens (primary N) is 1. The second-order valence-electron chi connectivity index (χ2n) is 14.5. The van der Waals surface area contributed by atoms with Crippen LogP contribution < -0.4 is 11.1 Å². The van der Waals surface area contributed by atoms with E-state index in [9.17, 15) is 34.1 Å². The van der Waals surface area contributed by atoms with Gasteiger partial charge in [0.2, 0.25) is 0 Å². The Kier molecular flexibility index (Phi) is 23.6. The highest BCUT2D eigenvalue weighted by molar-refractivity contribution is 6.68. The van der Waals surface area contributed by atoms with Gasteiger partial charge in [0.15, 0.2) is 17.3 Å². The van der Waals surface area contributed by atoms with Gasteiger partial charge >= 0.3 is 0 Å². The van der Waals surface area contributed by atoms with E-state index in [1.807, 2.05) is 38.1 Å². The normalized spacial score (nSPS) is 9.95. The highest BCUT2D eigenvalue weighted by atomic mass is 35.5. The number of nitrogens with one attached hydrogen (secondary N) is 1. The summed E-state index contributed by atoms with van der Waals surface area (Å²) in [7, 11) is 0. The van der Waals surface area contributed by atoms with Gasteiger partial charge in [-0.3, -0.25) is 34.1 Å². The van der Waals surface area contributed by atoms with Crippen molar-refractivity contribution in [1.82, 2.24) is 0 Å². The van der Waals surface area contributed by atoms with Gasteiger partial charge in [-0.1, -0.05) is 186 Å². The van der Waals surface area contributed by atoms with Gasteiger partial charge in [0.1, 0.15) is 0 Å². The van der Waals surface area contributed by atoms with Crippen LogP contribution in [0.25, 0.3) is 0 Å². The van der Waals surface area contributed by atoms with Crippen molar-refractivity contribution in [3.8, 4) is 0 Å². The molecule has 1 amide bonds. The number of hydrogen-bond acceptors (Lipinski definition) is 8. The van der Waals surface area contributed by atoms with Crippen molar-refractivity contribution in [3.63, 3.8) is 0 Å². The van der Waals surface area contributed by atoms with Crippen molar-refractivity contribution in [2.75, 3.05) is 11.1 Å². The van der Waals surface area contributed by atoms with Crippen molar-refractivity contribution >= 4 is 138 Å². The van der Waals surface area contributed by atoms with Crippen molar-refractivity contribution in [1.29, 1.82) is 0 Å². The predicted molar refractivity (Wildman–Crippen MR) is 297 cm³/mol. The highest BCUT2D eigenvalue weighted by Crippen LogP contribution is 2.27. The second-order valence-corrected chi connectivity index (χ2v) is 17.8. The Morgan fingerprint density at radius 1 is 0.438 bits per heavy atom. The number of nitrogens with zero attached hydrogens (tertiary/aromatic N) is 1. The Labute approximate surface area is 460 Å². The van der Waals surface area contributed by atoms with Crippen molar-refractivity contribution < 1.29 is 28.9 Å². The third-order valence-corrected chi connectivity index (χ3v) is 11.5. The van der Waals surface area contributed by atoms with Crippen LogP contribution in [0, 0.1) is 10.1 Å². The number of nitrogen functional groups attached to an aromatic ring is 1. The number of carbonyl (C=O) groups is 5. The maximum atomic E-state index is 12.6. The van der Waals surface area contributed by atoms with Gasteiger partial charge in [0.05, 0.1) is 20.0 Å². The minimum atomic E-state index is -0.561. The van der Waals surface area contributed by atoms with Gasteiger partial charge in [0.25, 0.3) is 16.8 Å². The van der Waals surface area contributed by atoms with E-state index in [0.29, 0.717) is 80.5 Å². The zero-order chi connectivity index (χ0) is 53.8. The molecule has 0 aliphatic carbocycles. The molecule has 0 aliphatic heterocycles. The van der Waals surface area contributed by atoms with Gasteiger partial charge in [-0.2, -0.15) is 0 Å². The highest BCUT2D eigenvalue weighted by Gasteiger charge is 2.18. The first-order valence-corrected chi connectivity index (χ1v) is 24.3. The number of hydrogen-bond donors (Lipinski definition) is 2. The summed E-state index contributed by atoms with van der Waals surface area (Å²) >= 11 is 46.3. The quantitative estimate of drug-likeness (QED) is 0.0449. The lowest BCUT2D eigenvalue weighted by atomic mass is 10.0. The van der Waals surface area contributed by atoms with Crippen molar-refractivity contribution in [2.45, 2.75) is 13.8 Å². The van der Waals surface area contributed by atoms with Crippen LogP contribution in [-0.2, 0) is 0 Å². The molecule has 0 unspecified atom stereocenters. The maximum Gasteiger partial charge on any atom is 0.270 e. The summed E-state index contributed by atoms with van der Waals surface area (Å²) in [6, 6.07) is 48.7. The second kappa shape index (κ2) is 29.2. The number of benzene rings is 8. The van der Waals surface area contributed by atoms with Crippen LogP contribution in [0.1, 0.15) is 82.3 Å². The van der Waals surface area contributed by atoms with Crippen LogP contribution in [-0.4, -0.2) is 33.4 Å². The molecule has 3 N–H and O–H groups in total. The van der Waals surface area contributed by atoms with E-state index in [1.165, 1.54) is 48.5 Å². The van der Waals surface area contributed by atoms with E-state index in [2.05, 4.69) is 5.32 Å². The number of nitro groups is 1. The molecule has 0 fully saturated rings. The van der Waals surface area contributed by atoms with E-state index in [4.69, 9.17) is 98.5 Å². The third-order valence-electron chi connectivity index (χ3n) is 9.43. The maximum absolute atomic E-state index is 12.6. The molecule has 372 valence electrons. The molecule has 8 aromatic rings. The van der Waals surface area contributed by atoms with Crippen LogP contribution in [0.15, 0.2) is 182 Å². The standard InChI is InChI=1S/C20H12Cl3NO2.C13H8ClNO3.C13H10ClNO.C7H3Cl3O.C2H6/c21-14-8-13(9-15(22)10-14)20(26)24-16-6-7-18(23)17(11-16)19(25)12-4-2-1-3-5-12;14-12-7-6-10(15(17)18)8-11(12)13(16)9-4-2-1-3-5-9;14-12-7-6-10(15)8-11(12)13(16)9-4-2-1-3-5-9;8-5-1-4(7(10)11)2-6(9)3-5;1-2/h1-11H,(H,24,26);1-8H;1-8H,15H2;1-3H;1-2H3. The Morgan fingerprint density at radius 3 is 1.19 bits per heavy atom. The summed E-state index contributed by atoms with van der Waals surface area (Å²) in [4.78, 5) is 70.0. The molecule has 8 aromatic carbocycles. The minimum Gasteiger partial charge on any atom is -0.399 e. The Bertz CT molecular complexity index is 3210. The molecule has 0 bridgehead atoms. The first-order chi connectivity index (χ1) is 34.8. The summed E-state index contributed by atoms with van der Waals surface area (Å²) in [5, 5.41) is 15.3. The number of halogens is 8. The first-order valence-electron chi connectivity index (χ1n) is 21.3. The molecule has 0 aromatic heterocycles. The molecular formula is C55H39Cl8N3O7. The fourth-order valence-corrected chi connectivity index (χ4v) is 7.86. The van der Waals surface area contributed by atoms with Crippen molar-refractivity contribution in [2.24, 2.45) is 0 Å². The molecule has 0 radical (unpaired) electrons. The summed E-state index contributed by atoms with van der Waals surface area (Å²) in [6.45, 7) is 4.00. The molecule has 8 rings (SSSR count). The van der Waals surface area contributed by atoms with Gasteiger partial charge in [-0.05, 0) is 90.5 Å². The van der Waals surface area contributed by atoms with Gasteiger partial charge < -0.3 is 11.1 Å². The molecule has 0 aliphatic rings. The third kappa shape index (κ3) is 18.2. The number of carbonyl (C=O) groups excluding carboxylic acids is 5. The summed E-state index contributed by atoms with van der Waals surface area (Å²) in [5.74, 6) is -1.06. The van der Waals surface area contributed by atoms with Gasteiger partial charge in [-0.15, -0.1) is 0 Å². The molecule has 0 saturated carbocycles. The molecule has 0 spiro atoms. The average Bonchev–Trinajstić information content (AvgIpc) is 3.38. The van der Waals surface area contributed by atoms with E-state index >= 15 is 0 Å². The Balaban J connectivity index is 0.000000218. The molecule has 0 saturated heterocycles. The molecule has 10 nitrogen and oxygen atoms in total. The van der Waals surface area contributed by atoms with E-state index < -0.39 is 16.1 Å². The van der Waals surface area contributed by atoms with Gasteiger partial charge in [0, 0.05) is 88.1 Å². The van der Waals surface area contributed by atoms with Crippen LogP contribution in [0.4, 0.5) is 17.1 Å². The largest absolute Gasteiger partial charge is 0.399 e. The number of rotatable bonds is 10. The number of amides is 1. The van der Waals surface area contributed by atoms with Crippen molar-refractivity contribution in [3.05, 3.63) is 272 Å². The monoisotopic (exact) mass is 1130 g/mol. The Hall–Kier alpha value is -6.57. The number of ketones is 3. The Morgan fingerprint density at radius 2 is 0.795 bits per heavy atom. The number of non-ortho nitro benzene ring substituents is 1. The molecular weight excluding hydrogens is 1100 g/mol. The predicted octanol–water partition coefficient (Wildman–Crippen LogP) is 17.2. The minimum absolute atomic E-state index is 0.113. The van der Waals surface area contributed by atoms with Crippen LogP contribution in [0.3, 0.4) is 0 Å². The SMILES string of the molecule is CC.Nc1ccc(Cl)c(C(=O)c2ccccc2)c1.O=C(Cl)c1cc(Cl)cc(Cl)c1.O=C(Nc1ccc(Cl)c(C(=O)c2ccccc2)c1)c1cc(Cl)cc(Cl)c1.O=C(c1ccccc1)c1cc([N+](=O)[O-])ccc1Cl. The topological polar surface area (TPSA) is 167 Å². The molecule has 18 heteroatoms. The van der Waals surface area contributed by atoms with Crippen LogP contribution in [0.5, 0.6) is 0 Å². The smallest absolute Gasteiger partial charge is 0.270 e. The lowest BCUT2D eigenvalue weighted by Gasteiger charge is -2.09. The number of anilines is 2. The fourth-order valence-electron chi connectivity index (χ4n) is 6.09. The summed E-state index contributed by atoms with van der Waals surface area (Å²) < 4.78 is 0. The molecule has 73 heavy (non-hydrogen) atoms. The summed E-state index contributed by atoms with van der Waals surface area (Å²) in [5.41, 5.74) is 9.52. The van der Waals surface area contributed by atoms with Crippen LogP contribution >= 0.6 is 92.8 Å². The van der Waals surface area contributed by atoms with Crippen LogP contribution in [0.2, 0.25) is 35.2 Å². The molecule has 0 heterocycles. The fraction of sp³-hybridized carbons (Fsp3) is 0.0364. The zero-order valence-electron chi connectivity index (χ0n) is 38.2. The number of nitro benzene ring substituents is 1. The van der Waals surface area contributed by atoms with E-state index in [1.54, 1.807) is 109 Å². The lowest BCUT2D eigenvalue weighted by Crippen LogP contribution is -2.12. The van der Waals surface area contributed by atoms with Gasteiger partial charge in [-0.25, -0.2) is 0 Å². The first kappa shape index (κ1) is 59.0.